The number of alkyl halides is 2. The van der Waals surface area contributed by atoms with Crippen LogP contribution in [0.5, 0.6) is 0 Å². The molecule has 0 bridgehead atoms. The third kappa shape index (κ3) is 9.45. The third-order valence-electron chi connectivity index (χ3n) is 9.37. The van der Waals surface area contributed by atoms with Gasteiger partial charge in [0.25, 0.3) is 12.3 Å². The Morgan fingerprint density at radius 2 is 1.65 bits per heavy atom. The molecule has 2 heterocycles. The zero-order valence-corrected chi connectivity index (χ0v) is 31.0. The summed E-state index contributed by atoms with van der Waals surface area (Å²) in [5, 5.41) is 2.88. The number of likely N-dealkylation sites (tertiary alicyclic amines) is 1. The lowest BCUT2D eigenvalue weighted by Gasteiger charge is -2.37. The van der Waals surface area contributed by atoms with Crippen LogP contribution in [0, 0.1) is 5.41 Å². The molecule has 1 aliphatic heterocycles. The number of anilines is 1. The van der Waals surface area contributed by atoms with Crippen LogP contribution in [0.15, 0.2) is 72.8 Å². The molecule has 278 valence electrons. The zero-order chi connectivity index (χ0) is 37.8. The maximum absolute atomic E-state index is 13.6. The van der Waals surface area contributed by atoms with Crippen molar-refractivity contribution in [2.24, 2.45) is 5.41 Å². The normalized spacial score (nSPS) is 15.5. The highest BCUT2D eigenvalue weighted by atomic mass is 19.3. The van der Waals surface area contributed by atoms with Crippen molar-refractivity contribution in [2.75, 3.05) is 11.9 Å². The molecule has 0 radical (unpaired) electrons. The minimum Gasteiger partial charge on any atom is -0.445 e. The Balaban J connectivity index is 1.46. The lowest BCUT2D eigenvalue weighted by Crippen LogP contribution is -2.45. The van der Waals surface area contributed by atoms with Crippen LogP contribution in [0.25, 0.3) is 11.0 Å². The van der Waals surface area contributed by atoms with Crippen molar-refractivity contribution in [3.63, 3.8) is 0 Å². The number of halogens is 2. The highest BCUT2D eigenvalue weighted by Gasteiger charge is 2.34. The first-order valence-corrected chi connectivity index (χ1v) is 17.7. The van der Waals surface area contributed by atoms with Crippen molar-refractivity contribution in [1.82, 2.24) is 19.4 Å². The second-order valence-electron chi connectivity index (χ2n) is 15.4. The molecule has 0 saturated carbocycles. The van der Waals surface area contributed by atoms with Gasteiger partial charge in [0.1, 0.15) is 12.2 Å². The average molecular weight is 718 g/mol. The quantitative estimate of drug-likeness (QED) is 0.175. The molecule has 1 aliphatic rings. The smallest absolute Gasteiger partial charge is 0.410 e. The molecule has 1 saturated heterocycles. The van der Waals surface area contributed by atoms with Crippen molar-refractivity contribution in [3.8, 4) is 0 Å². The molecule has 0 aliphatic carbocycles. The summed E-state index contributed by atoms with van der Waals surface area (Å²) in [6, 6.07) is 19.9. The van der Waals surface area contributed by atoms with E-state index in [9.17, 15) is 23.2 Å². The van der Waals surface area contributed by atoms with Crippen LogP contribution in [-0.4, -0.2) is 61.7 Å². The summed E-state index contributed by atoms with van der Waals surface area (Å²) in [6.45, 7) is 14.9. The summed E-state index contributed by atoms with van der Waals surface area (Å²) in [7, 11) is 0. The molecule has 1 N–H and O–H groups in total. The number of fused-ring (bicyclic) bond motifs is 1. The van der Waals surface area contributed by atoms with Crippen LogP contribution in [0.1, 0.15) is 94.8 Å². The predicted molar refractivity (Wildman–Crippen MR) is 196 cm³/mol. The summed E-state index contributed by atoms with van der Waals surface area (Å²) < 4.78 is 39.7. The number of benzene rings is 3. The van der Waals surface area contributed by atoms with Crippen molar-refractivity contribution in [3.05, 3.63) is 95.1 Å². The Morgan fingerprint density at radius 3 is 2.29 bits per heavy atom. The van der Waals surface area contributed by atoms with Gasteiger partial charge in [0.15, 0.2) is 0 Å². The largest absolute Gasteiger partial charge is 0.445 e. The number of nitrogens with one attached hydrogen (secondary N) is 1. The molecular weight excluding hydrogens is 668 g/mol. The first kappa shape index (κ1) is 38.2. The standard InChI is InChI=1S/C40H49F2N5O5/c1-26(39(2,3)4)46(37(49)51-25-27-12-9-8-10-13-27)23-28-15-20-33-32(22-28)43-36(44-35(48)30-18-16-29(17-19-30)34(41)42)47(33)24-31-14-11-21-45(31)38(50)52-40(5,6)7/h8-10,12-13,15-20,22,26,31,34H,11,14,21,23-25H2,1-7H3,(H,43,44,48). The minimum absolute atomic E-state index is 0.145. The van der Waals surface area contributed by atoms with Gasteiger partial charge in [0.05, 0.1) is 17.1 Å². The number of hydrogen-bond donors (Lipinski definition) is 1. The van der Waals surface area contributed by atoms with Gasteiger partial charge < -0.3 is 23.8 Å². The lowest BCUT2D eigenvalue weighted by atomic mass is 9.87. The topological polar surface area (TPSA) is 106 Å². The van der Waals surface area contributed by atoms with Crippen LogP contribution in [0.2, 0.25) is 0 Å². The monoisotopic (exact) mass is 717 g/mol. The Morgan fingerprint density at radius 1 is 0.962 bits per heavy atom. The molecule has 3 aromatic carbocycles. The summed E-state index contributed by atoms with van der Waals surface area (Å²) in [5.41, 5.74) is 2.09. The summed E-state index contributed by atoms with van der Waals surface area (Å²) in [6.07, 6.45) is -1.97. The maximum atomic E-state index is 13.6. The van der Waals surface area contributed by atoms with Crippen molar-refractivity contribution in [2.45, 2.75) is 105 Å². The number of amides is 3. The molecule has 10 nitrogen and oxygen atoms in total. The molecular formula is C40H49F2N5O5. The Labute approximate surface area is 304 Å². The molecule has 1 aromatic heterocycles. The molecule has 12 heteroatoms. The van der Waals surface area contributed by atoms with E-state index in [1.807, 2.05) is 80.8 Å². The van der Waals surface area contributed by atoms with Gasteiger partial charge in [-0.05, 0) is 81.3 Å². The van der Waals surface area contributed by atoms with Crippen LogP contribution in [0.4, 0.5) is 24.3 Å². The second-order valence-corrected chi connectivity index (χ2v) is 15.4. The van der Waals surface area contributed by atoms with Crippen molar-refractivity contribution in [1.29, 1.82) is 0 Å². The van der Waals surface area contributed by atoms with Crippen LogP contribution in [0.3, 0.4) is 0 Å². The summed E-state index contributed by atoms with van der Waals surface area (Å²) in [5.74, 6) is -0.271. The molecule has 5 rings (SSSR count). The van der Waals surface area contributed by atoms with Gasteiger partial charge in [0.2, 0.25) is 5.95 Å². The second kappa shape index (κ2) is 15.7. The SMILES string of the molecule is CC(N(Cc1ccc2c(c1)nc(NC(=O)c1ccc(C(F)F)cc1)n2CC1CCCN1C(=O)OC(C)(C)C)C(=O)OCc1ccccc1)C(C)(C)C. The first-order chi connectivity index (χ1) is 24.5. The van der Waals surface area contributed by atoms with Gasteiger partial charge in [-0.25, -0.2) is 23.4 Å². The highest BCUT2D eigenvalue weighted by molar-refractivity contribution is 6.04. The van der Waals surface area contributed by atoms with Gasteiger partial charge in [-0.15, -0.1) is 0 Å². The van der Waals surface area contributed by atoms with Crippen LogP contribution >= 0.6 is 0 Å². The molecule has 3 amide bonds. The Bertz CT molecular complexity index is 1870. The van der Waals surface area contributed by atoms with E-state index in [1.54, 1.807) is 9.80 Å². The number of carbonyl (C=O) groups is 3. The molecule has 4 aromatic rings. The zero-order valence-electron chi connectivity index (χ0n) is 31.0. The van der Waals surface area contributed by atoms with E-state index in [1.165, 1.54) is 24.3 Å². The van der Waals surface area contributed by atoms with E-state index < -0.39 is 30.1 Å². The Kier molecular flexibility index (Phi) is 11.6. The summed E-state index contributed by atoms with van der Waals surface area (Å²) >= 11 is 0. The number of nitrogens with zero attached hydrogens (tertiary/aromatic N) is 4. The fraction of sp³-hybridized carbons (Fsp3) is 0.450. The van der Waals surface area contributed by atoms with E-state index in [-0.39, 0.29) is 47.7 Å². The fourth-order valence-corrected chi connectivity index (χ4v) is 6.13. The number of carbonyl (C=O) groups excluding carboxylic acids is 3. The molecule has 0 spiro atoms. The average Bonchev–Trinajstić information content (AvgIpc) is 3.69. The predicted octanol–water partition coefficient (Wildman–Crippen LogP) is 9.20. The van der Waals surface area contributed by atoms with Crippen molar-refractivity contribution >= 4 is 35.1 Å². The number of aromatic nitrogens is 2. The van der Waals surface area contributed by atoms with Gasteiger partial charge in [-0.2, -0.15) is 0 Å². The molecule has 2 atom stereocenters. The van der Waals surface area contributed by atoms with E-state index in [4.69, 9.17) is 14.5 Å². The van der Waals surface area contributed by atoms with Crippen LogP contribution in [-0.2, 0) is 29.2 Å². The van der Waals surface area contributed by atoms with E-state index >= 15 is 0 Å². The summed E-state index contributed by atoms with van der Waals surface area (Å²) in [4.78, 5) is 48.4. The molecule has 1 fully saturated rings. The fourth-order valence-electron chi connectivity index (χ4n) is 6.13. The minimum atomic E-state index is -2.65. The van der Waals surface area contributed by atoms with Gasteiger partial charge in [-0.1, -0.05) is 69.3 Å². The Hall–Kier alpha value is -5.00. The lowest BCUT2D eigenvalue weighted by molar-refractivity contribution is 0.0214. The molecule has 2 unspecified atom stereocenters. The van der Waals surface area contributed by atoms with Gasteiger partial charge in [0, 0.05) is 36.8 Å². The first-order valence-electron chi connectivity index (χ1n) is 17.7. The number of hydrogen-bond acceptors (Lipinski definition) is 6. The number of rotatable bonds is 10. The number of imidazole rings is 1. The van der Waals surface area contributed by atoms with Gasteiger partial charge in [-0.3, -0.25) is 10.1 Å². The van der Waals surface area contributed by atoms with Gasteiger partial charge >= 0.3 is 12.2 Å². The molecule has 52 heavy (non-hydrogen) atoms. The van der Waals surface area contributed by atoms with E-state index in [2.05, 4.69) is 26.1 Å². The third-order valence-corrected chi connectivity index (χ3v) is 9.37. The highest BCUT2D eigenvalue weighted by Crippen LogP contribution is 2.30. The number of ether oxygens (including phenoxy) is 2. The van der Waals surface area contributed by atoms with Crippen molar-refractivity contribution < 1.29 is 32.6 Å². The van der Waals surface area contributed by atoms with E-state index in [0.29, 0.717) is 24.1 Å². The van der Waals surface area contributed by atoms with Crippen LogP contribution < -0.4 is 5.32 Å². The maximum Gasteiger partial charge on any atom is 0.410 e. The van der Waals surface area contributed by atoms with E-state index in [0.717, 1.165) is 24.0 Å².